The number of ketones is 1. The van der Waals surface area contributed by atoms with E-state index in [9.17, 15) is 9.59 Å². The molecule has 0 radical (unpaired) electrons. The van der Waals surface area contributed by atoms with Gasteiger partial charge < -0.3 is 14.6 Å². The van der Waals surface area contributed by atoms with E-state index in [4.69, 9.17) is 14.6 Å². The van der Waals surface area contributed by atoms with Crippen LogP contribution in [-0.2, 0) is 4.79 Å². The third kappa shape index (κ3) is 2.61. The highest BCUT2D eigenvalue weighted by molar-refractivity contribution is 6.07. The van der Waals surface area contributed by atoms with Gasteiger partial charge in [-0.05, 0) is 31.0 Å². The van der Waals surface area contributed by atoms with Gasteiger partial charge in [-0.15, -0.1) is 0 Å². The van der Waals surface area contributed by atoms with E-state index in [1.807, 2.05) is 6.92 Å². The number of benzene rings is 1. The summed E-state index contributed by atoms with van der Waals surface area (Å²) < 4.78 is 10.4. The van der Waals surface area contributed by atoms with Crippen LogP contribution in [0.4, 0.5) is 0 Å². The summed E-state index contributed by atoms with van der Waals surface area (Å²) in [6, 6.07) is 1.52. The second kappa shape index (κ2) is 5.53. The van der Waals surface area contributed by atoms with Crippen molar-refractivity contribution in [1.29, 1.82) is 0 Å². The number of methoxy groups -OCH3 is 2. The number of hydrogen-bond acceptors (Lipinski definition) is 4. The molecule has 0 atom stereocenters. The Kier molecular flexibility index (Phi) is 4.31. The van der Waals surface area contributed by atoms with Crippen molar-refractivity contribution in [2.75, 3.05) is 14.2 Å². The van der Waals surface area contributed by atoms with Gasteiger partial charge in [0.15, 0.2) is 5.78 Å². The first kappa shape index (κ1) is 14.0. The molecule has 1 aromatic rings. The highest BCUT2D eigenvalue weighted by Crippen LogP contribution is 2.33. The first-order chi connectivity index (χ1) is 8.42. The summed E-state index contributed by atoms with van der Waals surface area (Å²) in [6.07, 6.45) is -0.567. The van der Waals surface area contributed by atoms with E-state index >= 15 is 0 Å². The van der Waals surface area contributed by atoms with Crippen LogP contribution in [-0.4, -0.2) is 31.1 Å². The Morgan fingerprint density at radius 3 is 2.22 bits per heavy atom. The van der Waals surface area contributed by atoms with Gasteiger partial charge in [0.05, 0.1) is 19.8 Å². The van der Waals surface area contributed by atoms with Gasteiger partial charge in [-0.3, -0.25) is 9.59 Å². The summed E-state index contributed by atoms with van der Waals surface area (Å²) in [4.78, 5) is 22.4. The molecule has 0 aliphatic carbocycles. The number of carbonyl (C=O) groups excluding carboxylic acids is 1. The Morgan fingerprint density at radius 2 is 1.78 bits per heavy atom. The molecule has 0 aromatic heterocycles. The predicted molar refractivity (Wildman–Crippen MR) is 65.6 cm³/mol. The molecule has 5 heteroatoms. The van der Waals surface area contributed by atoms with Crippen LogP contribution in [0.25, 0.3) is 0 Å². The van der Waals surface area contributed by atoms with Crippen LogP contribution in [0.15, 0.2) is 6.07 Å². The topological polar surface area (TPSA) is 72.8 Å². The van der Waals surface area contributed by atoms with Crippen molar-refractivity contribution >= 4 is 11.8 Å². The summed E-state index contributed by atoms with van der Waals surface area (Å²) >= 11 is 0. The molecule has 1 rings (SSSR count). The summed E-state index contributed by atoms with van der Waals surface area (Å²) in [5, 5.41) is 8.67. The molecule has 0 heterocycles. The van der Waals surface area contributed by atoms with Crippen molar-refractivity contribution in [3.8, 4) is 11.5 Å². The second-order valence-corrected chi connectivity index (χ2v) is 3.90. The smallest absolute Gasteiger partial charge is 0.311 e. The monoisotopic (exact) mass is 252 g/mol. The van der Waals surface area contributed by atoms with Crippen LogP contribution >= 0.6 is 0 Å². The molecule has 0 aliphatic heterocycles. The van der Waals surface area contributed by atoms with E-state index < -0.39 is 18.2 Å². The number of carboxylic acid groups (broad SMARTS) is 1. The van der Waals surface area contributed by atoms with E-state index in [1.165, 1.54) is 20.3 Å². The zero-order valence-electron chi connectivity index (χ0n) is 10.9. The standard InChI is InChI=1S/C13H16O5/c1-7-8(2)13(18-4)9(5-11(7)17-3)10(14)6-12(15)16/h5H,6H2,1-4H3,(H,15,16). The average molecular weight is 252 g/mol. The van der Waals surface area contributed by atoms with E-state index in [0.717, 1.165) is 11.1 Å². The Balaban J connectivity index is 3.37. The minimum atomic E-state index is -1.17. The summed E-state index contributed by atoms with van der Waals surface area (Å²) in [6.45, 7) is 3.65. The Hall–Kier alpha value is -2.04. The molecule has 0 saturated carbocycles. The molecule has 18 heavy (non-hydrogen) atoms. The van der Waals surface area contributed by atoms with Crippen molar-refractivity contribution in [2.24, 2.45) is 0 Å². The third-order valence-corrected chi connectivity index (χ3v) is 2.83. The zero-order chi connectivity index (χ0) is 13.9. The number of carbonyl (C=O) groups is 2. The van der Waals surface area contributed by atoms with Crippen molar-refractivity contribution in [3.05, 3.63) is 22.8 Å². The summed E-state index contributed by atoms with van der Waals surface area (Å²) in [5.74, 6) is -0.721. The largest absolute Gasteiger partial charge is 0.496 e. The highest BCUT2D eigenvalue weighted by Gasteiger charge is 2.20. The predicted octanol–water partition coefficient (Wildman–Crippen LogP) is 1.98. The Labute approximate surface area is 105 Å². The van der Waals surface area contributed by atoms with Gasteiger partial charge in [0.25, 0.3) is 0 Å². The highest BCUT2D eigenvalue weighted by atomic mass is 16.5. The molecule has 0 unspecified atom stereocenters. The van der Waals surface area contributed by atoms with Crippen LogP contribution in [0, 0.1) is 13.8 Å². The molecule has 98 valence electrons. The lowest BCUT2D eigenvalue weighted by Gasteiger charge is -2.15. The summed E-state index contributed by atoms with van der Waals surface area (Å²) in [7, 11) is 2.95. The Morgan fingerprint density at radius 1 is 1.17 bits per heavy atom. The van der Waals surface area contributed by atoms with E-state index in [-0.39, 0.29) is 5.56 Å². The lowest BCUT2D eigenvalue weighted by Crippen LogP contribution is -2.10. The van der Waals surface area contributed by atoms with Crippen molar-refractivity contribution in [3.63, 3.8) is 0 Å². The zero-order valence-corrected chi connectivity index (χ0v) is 10.9. The lowest BCUT2D eigenvalue weighted by molar-refractivity contribution is -0.135. The first-order valence-corrected chi connectivity index (χ1v) is 5.39. The number of hydrogen-bond donors (Lipinski definition) is 1. The number of rotatable bonds is 5. The lowest BCUT2D eigenvalue weighted by atomic mass is 9.99. The molecule has 0 saturated heterocycles. The quantitative estimate of drug-likeness (QED) is 0.640. The molecule has 5 nitrogen and oxygen atoms in total. The minimum absolute atomic E-state index is 0.236. The van der Waals surface area contributed by atoms with Gasteiger partial charge in [0.1, 0.15) is 17.9 Å². The van der Waals surface area contributed by atoms with Crippen molar-refractivity contribution in [1.82, 2.24) is 0 Å². The van der Waals surface area contributed by atoms with Gasteiger partial charge in [0, 0.05) is 0 Å². The molecule has 0 aliphatic rings. The minimum Gasteiger partial charge on any atom is -0.496 e. The summed E-state index contributed by atoms with van der Waals surface area (Å²) in [5.41, 5.74) is 1.87. The molecule has 0 fully saturated rings. The van der Waals surface area contributed by atoms with Gasteiger partial charge in [0.2, 0.25) is 0 Å². The van der Waals surface area contributed by atoms with E-state index in [0.29, 0.717) is 11.5 Å². The molecule has 0 spiro atoms. The van der Waals surface area contributed by atoms with Crippen LogP contribution in [0.2, 0.25) is 0 Å². The number of Topliss-reactive ketones (excluding diaryl/α,β-unsaturated/α-hetero) is 1. The van der Waals surface area contributed by atoms with Gasteiger partial charge in [-0.2, -0.15) is 0 Å². The third-order valence-electron chi connectivity index (χ3n) is 2.83. The fourth-order valence-electron chi connectivity index (χ4n) is 1.78. The fourth-order valence-corrected chi connectivity index (χ4v) is 1.78. The maximum absolute atomic E-state index is 11.9. The molecular weight excluding hydrogens is 236 g/mol. The number of ether oxygens (including phenoxy) is 2. The number of aliphatic carboxylic acids is 1. The van der Waals surface area contributed by atoms with Gasteiger partial charge in [-0.1, -0.05) is 0 Å². The average Bonchev–Trinajstić information content (AvgIpc) is 2.31. The molecular formula is C13H16O5. The van der Waals surface area contributed by atoms with Crippen LogP contribution in [0.1, 0.15) is 27.9 Å². The van der Waals surface area contributed by atoms with Gasteiger partial charge in [-0.25, -0.2) is 0 Å². The van der Waals surface area contributed by atoms with E-state index in [2.05, 4.69) is 0 Å². The van der Waals surface area contributed by atoms with Crippen molar-refractivity contribution < 1.29 is 24.2 Å². The van der Waals surface area contributed by atoms with Crippen LogP contribution in [0.5, 0.6) is 11.5 Å². The maximum Gasteiger partial charge on any atom is 0.311 e. The Bertz CT molecular complexity index is 491. The van der Waals surface area contributed by atoms with Crippen LogP contribution in [0.3, 0.4) is 0 Å². The maximum atomic E-state index is 11.9. The van der Waals surface area contributed by atoms with Crippen LogP contribution < -0.4 is 9.47 Å². The molecule has 0 amide bonds. The second-order valence-electron chi connectivity index (χ2n) is 3.90. The molecule has 1 N–H and O–H groups in total. The normalized spacial score (nSPS) is 10.0. The fraction of sp³-hybridized carbons (Fsp3) is 0.385. The SMILES string of the molecule is COc1cc(C(=O)CC(=O)O)c(OC)c(C)c1C. The number of carboxylic acids is 1. The molecule has 1 aromatic carbocycles. The van der Waals surface area contributed by atoms with Crippen molar-refractivity contribution in [2.45, 2.75) is 20.3 Å². The van der Waals surface area contributed by atoms with E-state index in [1.54, 1.807) is 6.92 Å². The molecule has 0 bridgehead atoms. The van der Waals surface area contributed by atoms with Gasteiger partial charge >= 0.3 is 5.97 Å². The first-order valence-electron chi connectivity index (χ1n) is 5.39.